The second-order valence-corrected chi connectivity index (χ2v) is 3.02. The molecule has 0 heterocycles. The maximum Gasteiger partial charge on any atom is 0.271 e. The summed E-state index contributed by atoms with van der Waals surface area (Å²) in [6.07, 6.45) is 3.60. The quantitative estimate of drug-likeness (QED) is 0.347. The molecule has 0 radical (unpaired) electrons. The van der Waals surface area contributed by atoms with Crippen molar-refractivity contribution >= 4 is 30.1 Å². The Kier molecular flexibility index (Phi) is 3.53. The number of rotatable bonds is 3. The van der Waals surface area contributed by atoms with E-state index in [9.17, 15) is 10.1 Å². The molecule has 4 nitrogen and oxygen atoms in total. The number of nitro benzene ring substituents is 1. The van der Waals surface area contributed by atoms with E-state index >= 15 is 0 Å². The van der Waals surface area contributed by atoms with Gasteiger partial charge in [-0.2, -0.15) is 12.6 Å². The molecule has 0 aromatic heterocycles. The van der Waals surface area contributed by atoms with Crippen LogP contribution < -0.4 is 5.73 Å². The van der Waals surface area contributed by atoms with Crippen LogP contribution in [0.25, 0.3) is 6.08 Å². The molecule has 2 N–H and O–H groups in total. The van der Waals surface area contributed by atoms with Crippen molar-refractivity contribution in [2.45, 2.75) is 0 Å². The summed E-state index contributed by atoms with van der Waals surface area (Å²) in [7, 11) is 0. The zero-order chi connectivity index (χ0) is 10.6. The number of hydrogen-bond acceptors (Lipinski definition) is 4. The lowest BCUT2D eigenvalue weighted by atomic mass is 10.1. The van der Waals surface area contributed by atoms with Crippen molar-refractivity contribution in [3.63, 3.8) is 0 Å². The van der Waals surface area contributed by atoms with Crippen molar-refractivity contribution in [3.8, 4) is 0 Å². The molecule has 1 aromatic rings. The summed E-state index contributed by atoms with van der Waals surface area (Å²) >= 11 is 4.00. The van der Waals surface area contributed by atoms with Gasteiger partial charge in [-0.3, -0.25) is 10.1 Å². The predicted octanol–water partition coefficient (Wildman–Crippen LogP) is 2.12. The first kappa shape index (κ1) is 10.6. The zero-order valence-electron chi connectivity index (χ0n) is 7.38. The Balaban J connectivity index is 3.01. The van der Waals surface area contributed by atoms with Gasteiger partial charge in [-0.25, -0.2) is 0 Å². The molecule has 0 spiro atoms. The van der Waals surface area contributed by atoms with E-state index in [2.05, 4.69) is 12.6 Å². The van der Waals surface area contributed by atoms with Gasteiger partial charge in [0.25, 0.3) is 5.69 Å². The molecule has 0 saturated heterocycles. The van der Waals surface area contributed by atoms with E-state index < -0.39 is 4.92 Å². The first-order valence-electron chi connectivity index (χ1n) is 3.96. The number of nitrogens with zero attached hydrogens (tertiary/aromatic N) is 1. The van der Waals surface area contributed by atoms with Gasteiger partial charge in [-0.15, -0.1) is 0 Å². The Morgan fingerprint density at radius 2 is 2.29 bits per heavy atom. The van der Waals surface area contributed by atoms with Crippen LogP contribution in [0.1, 0.15) is 5.56 Å². The monoisotopic (exact) mass is 210 g/mol. The van der Waals surface area contributed by atoms with Crippen LogP contribution in [0.15, 0.2) is 24.3 Å². The molecule has 0 atom stereocenters. The molecule has 74 valence electrons. The van der Waals surface area contributed by atoms with Crippen LogP contribution in [-0.4, -0.2) is 10.7 Å². The number of anilines is 1. The first-order valence-corrected chi connectivity index (χ1v) is 4.59. The molecular weight excluding hydrogens is 200 g/mol. The number of nitrogens with two attached hydrogens (primary N) is 1. The maximum atomic E-state index is 10.4. The third-order valence-electron chi connectivity index (χ3n) is 1.68. The second kappa shape index (κ2) is 4.66. The summed E-state index contributed by atoms with van der Waals surface area (Å²) < 4.78 is 0. The summed E-state index contributed by atoms with van der Waals surface area (Å²) in [5.74, 6) is 0.608. The minimum absolute atomic E-state index is 0.00511. The van der Waals surface area contributed by atoms with Crippen molar-refractivity contribution in [2.75, 3.05) is 11.5 Å². The van der Waals surface area contributed by atoms with Crippen molar-refractivity contribution in [1.82, 2.24) is 0 Å². The van der Waals surface area contributed by atoms with Crippen LogP contribution in [0, 0.1) is 10.1 Å². The summed E-state index contributed by atoms with van der Waals surface area (Å²) in [5, 5.41) is 10.4. The van der Waals surface area contributed by atoms with Crippen LogP contribution >= 0.6 is 12.6 Å². The number of thiol groups is 1. The fourth-order valence-corrected chi connectivity index (χ4v) is 1.11. The van der Waals surface area contributed by atoms with E-state index in [0.29, 0.717) is 11.4 Å². The smallest absolute Gasteiger partial charge is 0.271 e. The fourth-order valence-electron chi connectivity index (χ4n) is 1.01. The first-order chi connectivity index (χ1) is 6.65. The predicted molar refractivity (Wildman–Crippen MR) is 60.4 cm³/mol. The Morgan fingerprint density at radius 1 is 1.57 bits per heavy atom. The largest absolute Gasteiger partial charge is 0.398 e. The number of non-ortho nitro benzene ring substituents is 1. The molecule has 0 aliphatic carbocycles. The highest BCUT2D eigenvalue weighted by Crippen LogP contribution is 2.20. The van der Waals surface area contributed by atoms with Gasteiger partial charge in [-0.05, 0) is 11.6 Å². The van der Waals surface area contributed by atoms with Gasteiger partial charge in [0.1, 0.15) is 0 Å². The lowest BCUT2D eigenvalue weighted by Gasteiger charge is -1.99. The third kappa shape index (κ3) is 2.50. The van der Waals surface area contributed by atoms with E-state index in [1.54, 1.807) is 12.1 Å². The second-order valence-electron chi connectivity index (χ2n) is 2.66. The average molecular weight is 210 g/mol. The van der Waals surface area contributed by atoms with Crippen LogP contribution in [0.5, 0.6) is 0 Å². The highest BCUT2D eigenvalue weighted by molar-refractivity contribution is 7.80. The molecule has 1 rings (SSSR count). The Labute approximate surface area is 87.0 Å². The zero-order valence-corrected chi connectivity index (χ0v) is 8.28. The lowest BCUT2D eigenvalue weighted by Crippen LogP contribution is -1.93. The summed E-state index contributed by atoms with van der Waals surface area (Å²) in [4.78, 5) is 9.93. The Hall–Kier alpha value is -1.49. The fraction of sp³-hybridized carbons (Fsp3) is 0.111. The van der Waals surface area contributed by atoms with E-state index in [0.717, 1.165) is 5.56 Å². The summed E-state index contributed by atoms with van der Waals surface area (Å²) in [6.45, 7) is 0. The van der Waals surface area contributed by atoms with Crippen LogP contribution in [0.2, 0.25) is 0 Å². The SMILES string of the molecule is Nc1cc([N+](=O)[O-])ccc1C=CCS. The molecule has 0 saturated carbocycles. The molecule has 1 aromatic carbocycles. The summed E-state index contributed by atoms with van der Waals surface area (Å²) in [5.41, 5.74) is 6.79. The highest BCUT2D eigenvalue weighted by atomic mass is 32.1. The van der Waals surface area contributed by atoms with Gasteiger partial charge in [-0.1, -0.05) is 12.2 Å². The van der Waals surface area contributed by atoms with Gasteiger partial charge < -0.3 is 5.73 Å². The molecule has 0 amide bonds. The van der Waals surface area contributed by atoms with Gasteiger partial charge in [0.05, 0.1) is 4.92 Å². The summed E-state index contributed by atoms with van der Waals surface area (Å²) in [6, 6.07) is 4.39. The molecule has 0 fully saturated rings. The number of hydrogen-bond donors (Lipinski definition) is 2. The van der Waals surface area contributed by atoms with E-state index in [1.807, 2.05) is 6.08 Å². The van der Waals surface area contributed by atoms with Gasteiger partial charge >= 0.3 is 0 Å². The van der Waals surface area contributed by atoms with E-state index in [4.69, 9.17) is 5.73 Å². The number of nitrogen functional groups attached to an aromatic ring is 1. The molecular formula is C9H10N2O2S. The van der Waals surface area contributed by atoms with Crippen molar-refractivity contribution in [1.29, 1.82) is 0 Å². The lowest BCUT2D eigenvalue weighted by molar-refractivity contribution is -0.384. The van der Waals surface area contributed by atoms with Crippen molar-refractivity contribution in [3.05, 3.63) is 40.0 Å². The molecule has 0 unspecified atom stereocenters. The Morgan fingerprint density at radius 3 is 2.79 bits per heavy atom. The highest BCUT2D eigenvalue weighted by Gasteiger charge is 2.06. The number of nitro groups is 1. The average Bonchev–Trinajstić information content (AvgIpc) is 2.15. The maximum absolute atomic E-state index is 10.4. The van der Waals surface area contributed by atoms with Crippen molar-refractivity contribution < 1.29 is 4.92 Å². The molecule has 14 heavy (non-hydrogen) atoms. The topological polar surface area (TPSA) is 69.2 Å². The van der Waals surface area contributed by atoms with Gasteiger partial charge in [0, 0.05) is 23.6 Å². The standard InChI is InChI=1S/C9H10N2O2S/c10-9-6-8(11(12)13)4-3-7(9)2-1-5-14/h1-4,6,14H,5,10H2. The molecule has 0 bridgehead atoms. The normalized spacial score (nSPS) is 10.6. The number of benzene rings is 1. The molecule has 0 aliphatic heterocycles. The van der Waals surface area contributed by atoms with Gasteiger partial charge in [0.2, 0.25) is 0 Å². The molecule has 5 heteroatoms. The van der Waals surface area contributed by atoms with Crippen molar-refractivity contribution in [2.24, 2.45) is 0 Å². The van der Waals surface area contributed by atoms with E-state index in [-0.39, 0.29) is 5.69 Å². The van der Waals surface area contributed by atoms with Crippen LogP contribution in [0.4, 0.5) is 11.4 Å². The van der Waals surface area contributed by atoms with Crippen LogP contribution in [-0.2, 0) is 0 Å². The minimum atomic E-state index is -0.470. The Bertz CT molecular complexity index is 377. The van der Waals surface area contributed by atoms with Crippen LogP contribution in [0.3, 0.4) is 0 Å². The van der Waals surface area contributed by atoms with E-state index in [1.165, 1.54) is 12.1 Å². The molecule has 0 aliphatic rings. The minimum Gasteiger partial charge on any atom is -0.398 e. The third-order valence-corrected chi connectivity index (χ3v) is 1.89. The van der Waals surface area contributed by atoms with Gasteiger partial charge in [0.15, 0.2) is 0 Å².